The number of nitrogens with one attached hydrogen (secondary N) is 4. The largest absolute Gasteiger partial charge is 0.495 e. The van der Waals surface area contributed by atoms with Gasteiger partial charge < -0.3 is 26.4 Å². The molecular formula is C35H14F54N4O4. The molecule has 0 aliphatic rings. The van der Waals surface area contributed by atoms with Gasteiger partial charge in [0.2, 0.25) is 5.91 Å². The molecule has 0 unspecified atom stereocenters. The van der Waals surface area contributed by atoms with Crippen molar-refractivity contribution in [2.45, 2.75) is 154 Å². The van der Waals surface area contributed by atoms with E-state index in [4.69, 9.17) is 0 Å². The van der Waals surface area contributed by atoms with Crippen LogP contribution in [0.25, 0.3) is 0 Å². The highest BCUT2D eigenvalue weighted by molar-refractivity contribution is 5.88. The summed E-state index contributed by atoms with van der Waals surface area (Å²) in [6, 6.07) is 0. The lowest BCUT2D eigenvalue weighted by Gasteiger charge is -2.46. The molecule has 5 N–H and O–H groups in total. The Kier molecular flexibility index (Phi) is 22.8. The summed E-state index contributed by atoms with van der Waals surface area (Å²) >= 11 is 0. The molecule has 0 heterocycles. The predicted octanol–water partition coefficient (Wildman–Crippen LogP) is 14.7. The maximum absolute atomic E-state index is 14.2. The van der Waals surface area contributed by atoms with Crippen molar-refractivity contribution >= 4 is 17.7 Å². The second-order valence-electron chi connectivity index (χ2n) is 18.0. The topological polar surface area (TPSA) is 120 Å². The highest BCUT2D eigenvalue weighted by Crippen LogP contribution is 2.71. The Morgan fingerprint density at radius 3 is 0.505 bits per heavy atom. The van der Waals surface area contributed by atoms with Gasteiger partial charge in [-0.15, -0.1) is 0 Å². The van der Waals surface area contributed by atoms with E-state index >= 15 is 0 Å². The molecule has 62 heteroatoms. The van der Waals surface area contributed by atoms with E-state index in [0.717, 1.165) is 10.6 Å². The van der Waals surface area contributed by atoms with Crippen LogP contribution in [0.3, 0.4) is 0 Å². The first-order chi connectivity index (χ1) is 41.3. The van der Waals surface area contributed by atoms with E-state index in [1.165, 1.54) is 0 Å². The molecule has 0 radical (unpaired) electrons. The van der Waals surface area contributed by atoms with Crippen LogP contribution < -0.4 is 21.3 Å². The highest BCUT2D eigenvalue weighted by Gasteiger charge is 3.03. The summed E-state index contributed by atoms with van der Waals surface area (Å²) in [5.74, 6) is -244. The minimum absolute atomic E-state index is 0.0349. The van der Waals surface area contributed by atoms with Gasteiger partial charge >= 0.3 is 154 Å². The fraction of sp³-hybridized carbons (Fsp3) is 0.857. The summed E-state index contributed by atoms with van der Waals surface area (Å²) in [5.41, 5.74) is 0. The molecule has 0 atom stereocenters. The number of aliphatic hydroxyl groups excluding tert-OH is 1. The molecule has 0 aromatic rings. The Hall–Kier alpha value is -6.03. The zero-order valence-corrected chi connectivity index (χ0v) is 42.5. The van der Waals surface area contributed by atoms with Gasteiger partial charge in [0.1, 0.15) is 0 Å². The Morgan fingerprint density at radius 1 is 0.206 bits per heavy atom. The maximum Gasteiger partial charge on any atom is 0.460 e. The lowest BCUT2D eigenvalue weighted by atomic mass is 9.84. The Bertz CT molecular complexity index is 2880. The normalized spacial score (nSPS) is 16.5. The van der Waals surface area contributed by atoms with Crippen LogP contribution in [0.15, 0.2) is 12.0 Å². The van der Waals surface area contributed by atoms with Gasteiger partial charge in [-0.2, -0.15) is 237 Å². The molecular weight excluding hydrogens is 1570 g/mol. The minimum Gasteiger partial charge on any atom is -0.495 e. The van der Waals surface area contributed by atoms with Crippen LogP contribution in [0.2, 0.25) is 0 Å². The average molecular weight is 1580 g/mol. The fourth-order valence-electron chi connectivity index (χ4n) is 5.76. The zero-order valence-electron chi connectivity index (χ0n) is 42.5. The number of hydrogen-bond donors (Lipinski definition) is 5. The monoisotopic (exact) mass is 1580 g/mol. The molecule has 0 saturated heterocycles. The summed E-state index contributed by atoms with van der Waals surface area (Å²) < 4.78 is 739. The van der Waals surface area contributed by atoms with E-state index in [-0.39, 0.29) is 10.6 Å². The van der Waals surface area contributed by atoms with Gasteiger partial charge in [-0.25, -0.2) is 0 Å². The number of halogens is 54. The lowest BCUT2D eigenvalue weighted by Crippen LogP contribution is -2.79. The van der Waals surface area contributed by atoms with E-state index in [9.17, 15) is 257 Å². The summed E-state index contributed by atoms with van der Waals surface area (Å²) in [6.07, 6.45) is -17.5. The molecule has 0 aromatic heterocycles. The van der Waals surface area contributed by atoms with Crippen molar-refractivity contribution in [1.82, 2.24) is 21.3 Å². The van der Waals surface area contributed by atoms with Crippen LogP contribution in [0.1, 0.15) is 0 Å². The molecule has 0 aliphatic carbocycles. The molecule has 8 nitrogen and oxygen atoms in total. The molecule has 0 fully saturated rings. The van der Waals surface area contributed by atoms with Crippen LogP contribution in [0.4, 0.5) is 237 Å². The van der Waals surface area contributed by atoms with Crippen molar-refractivity contribution < 1.29 is 257 Å². The van der Waals surface area contributed by atoms with Crippen LogP contribution in [0.5, 0.6) is 0 Å². The predicted molar refractivity (Wildman–Crippen MR) is 189 cm³/mol. The quantitative estimate of drug-likeness (QED) is 0.0199. The molecule has 0 spiro atoms. The SMILES string of the molecule is O=C(/C=C(\O)NCCNC(=O)C(F)(F)C(F)(F)C(F)(F)C(F)(F)C(F)(F)C(F)(F)C(F)(F)C(F)(F)C(F)(F)C(F)(F)C(F)(F)C(F)(F)C(F)(F)F)NCCNC(=O)C(F)(F)C(F)(F)C(F)(F)C(F)(F)C(F)(F)C(F)(F)C(F)(F)C(F)(F)C(F)(F)C(F)(F)C(F)(F)C(F)(F)C(F)(F)F. The van der Waals surface area contributed by atoms with Gasteiger partial charge in [-0.1, -0.05) is 0 Å². The Labute approximate surface area is 489 Å². The van der Waals surface area contributed by atoms with Crippen LogP contribution in [-0.2, 0) is 14.4 Å². The maximum atomic E-state index is 14.2. The fourth-order valence-corrected chi connectivity index (χ4v) is 5.76. The smallest absolute Gasteiger partial charge is 0.460 e. The summed E-state index contributed by atoms with van der Waals surface area (Å²) in [4.78, 5) is 34.8. The number of carbonyl (C=O) groups is 3. The van der Waals surface area contributed by atoms with E-state index in [2.05, 4.69) is 0 Å². The molecule has 97 heavy (non-hydrogen) atoms. The molecule has 0 aliphatic heterocycles. The average Bonchev–Trinajstić information content (AvgIpc) is 0.688. The summed E-state index contributed by atoms with van der Waals surface area (Å²) in [6.45, 7) is -8.36. The third kappa shape index (κ3) is 12.1. The molecule has 0 aromatic carbocycles. The van der Waals surface area contributed by atoms with E-state index in [0.29, 0.717) is 0 Å². The highest BCUT2D eigenvalue weighted by atomic mass is 19.5. The molecule has 576 valence electrons. The lowest BCUT2D eigenvalue weighted by molar-refractivity contribution is -0.484. The third-order valence-electron chi connectivity index (χ3n) is 11.7. The van der Waals surface area contributed by atoms with Crippen molar-refractivity contribution in [1.29, 1.82) is 0 Å². The van der Waals surface area contributed by atoms with Crippen molar-refractivity contribution in [3.63, 3.8) is 0 Å². The van der Waals surface area contributed by atoms with Gasteiger partial charge in [-0.3, -0.25) is 14.4 Å². The summed E-state index contributed by atoms with van der Waals surface area (Å²) in [7, 11) is 0. The van der Waals surface area contributed by atoms with E-state index in [1.807, 2.05) is 0 Å². The number of aliphatic hydroxyl groups is 1. The van der Waals surface area contributed by atoms with E-state index < -0.39 is 210 Å². The molecule has 3 amide bonds. The van der Waals surface area contributed by atoms with Crippen molar-refractivity contribution in [3.05, 3.63) is 12.0 Å². The van der Waals surface area contributed by atoms with Crippen molar-refractivity contribution in [2.24, 2.45) is 0 Å². The zero-order chi connectivity index (χ0) is 79.7. The third-order valence-corrected chi connectivity index (χ3v) is 11.7. The number of hydrogen-bond acceptors (Lipinski definition) is 5. The van der Waals surface area contributed by atoms with Gasteiger partial charge in [0.25, 0.3) is 11.8 Å². The first kappa shape index (κ1) is 91.0. The Morgan fingerprint density at radius 2 is 0.340 bits per heavy atom. The van der Waals surface area contributed by atoms with Crippen LogP contribution >= 0.6 is 0 Å². The Balaban J connectivity index is 6.52. The number of amides is 3. The van der Waals surface area contributed by atoms with Crippen LogP contribution in [0, 0.1) is 0 Å². The van der Waals surface area contributed by atoms with Crippen molar-refractivity contribution in [2.75, 3.05) is 26.2 Å². The summed E-state index contributed by atoms with van der Waals surface area (Å²) in [5, 5.41) is 11.5. The first-order valence-electron chi connectivity index (χ1n) is 21.5. The van der Waals surface area contributed by atoms with Crippen molar-refractivity contribution in [3.8, 4) is 0 Å². The number of rotatable bonds is 32. The first-order valence-corrected chi connectivity index (χ1v) is 21.5. The second kappa shape index (κ2) is 24.4. The number of alkyl halides is 54. The van der Waals surface area contributed by atoms with Gasteiger partial charge in [0.05, 0.1) is 6.08 Å². The second-order valence-corrected chi connectivity index (χ2v) is 18.0. The molecule has 0 bridgehead atoms. The standard InChI is InChI=1S/C35H14F54N4O4/c36-10(37,12(40,41)14(44,45)16(48,49)18(52,53)20(56,57)22(60,61)24(64,65)26(68,69)28(72,73)30(76,77)32(80,81)34(84,85)86)8(96)92-3-1-90-6(94)5-7(95)91-2-4-93-9(97)11(38,39)13(42,43)15(46,47)17(50,51)19(54,55)21(58,59)23(62,63)25(66,67)27(70,71)29(74,75)31(78,79)33(82,83)35(87,88)89/h5,90,94H,1-4H2,(H,91,95)(H,92,96)(H,93,97)/b6-5-. The van der Waals surface area contributed by atoms with Gasteiger partial charge in [0.15, 0.2) is 5.88 Å². The van der Waals surface area contributed by atoms with Crippen LogP contribution in [-0.4, -0.2) is 204 Å². The van der Waals surface area contributed by atoms with Gasteiger partial charge in [-0.05, 0) is 0 Å². The number of carbonyl (C=O) groups excluding carboxylic acids is 3. The minimum atomic E-state index is -10.1. The molecule has 0 saturated carbocycles. The molecule has 0 rings (SSSR count). The van der Waals surface area contributed by atoms with Gasteiger partial charge in [0, 0.05) is 26.2 Å². The van der Waals surface area contributed by atoms with E-state index in [1.54, 1.807) is 0 Å².